The van der Waals surface area contributed by atoms with Gasteiger partial charge in [-0.1, -0.05) is 12.8 Å². The summed E-state index contributed by atoms with van der Waals surface area (Å²) in [5.41, 5.74) is -0.522. The number of amides is 2. The summed E-state index contributed by atoms with van der Waals surface area (Å²) in [4.78, 5) is 37.5. The lowest BCUT2D eigenvalue weighted by molar-refractivity contribution is -0.138. The Labute approximate surface area is 133 Å². The Kier molecular flexibility index (Phi) is 4.85. The van der Waals surface area contributed by atoms with Crippen molar-refractivity contribution < 1.29 is 19.5 Å². The fraction of sp³-hybridized carbons (Fsp3) is 0.533. The van der Waals surface area contributed by atoms with Crippen molar-refractivity contribution in [1.29, 1.82) is 0 Å². The molecule has 6 nitrogen and oxygen atoms in total. The molecule has 1 heterocycles. The summed E-state index contributed by atoms with van der Waals surface area (Å²) >= 11 is 0.938. The minimum absolute atomic E-state index is 0.0442. The Morgan fingerprint density at radius 1 is 1.23 bits per heavy atom. The molecular formula is C15H20N2O4S. The molecule has 0 aliphatic heterocycles. The maximum absolute atomic E-state index is 12.4. The van der Waals surface area contributed by atoms with Crippen LogP contribution in [0.4, 0.5) is 0 Å². The molecule has 1 aromatic heterocycles. The van der Waals surface area contributed by atoms with Gasteiger partial charge in [-0.25, -0.2) is 4.79 Å². The molecule has 2 rings (SSSR count). The van der Waals surface area contributed by atoms with Crippen LogP contribution < -0.4 is 5.32 Å². The lowest BCUT2D eigenvalue weighted by Crippen LogP contribution is -2.46. The van der Waals surface area contributed by atoms with Crippen LogP contribution in [0.25, 0.3) is 0 Å². The van der Waals surface area contributed by atoms with Gasteiger partial charge in [0.1, 0.15) is 4.88 Å². The molecule has 2 N–H and O–H groups in total. The first-order valence-corrected chi connectivity index (χ1v) is 8.00. The number of hydrogen-bond donors (Lipinski definition) is 2. The first-order chi connectivity index (χ1) is 10.4. The highest BCUT2D eigenvalue weighted by Gasteiger charge is 2.42. The number of hydrogen-bond acceptors (Lipinski definition) is 4. The van der Waals surface area contributed by atoms with Gasteiger partial charge < -0.3 is 15.3 Å². The molecule has 0 saturated heterocycles. The zero-order valence-corrected chi connectivity index (χ0v) is 13.5. The summed E-state index contributed by atoms with van der Waals surface area (Å²) in [5, 5.41) is 11.7. The quantitative estimate of drug-likeness (QED) is 0.865. The molecule has 0 bridgehead atoms. The van der Waals surface area contributed by atoms with Crippen molar-refractivity contribution in [1.82, 2.24) is 10.2 Å². The normalized spacial score (nSPS) is 16.3. The fourth-order valence-electron chi connectivity index (χ4n) is 2.90. The Morgan fingerprint density at radius 3 is 2.32 bits per heavy atom. The molecule has 1 aliphatic carbocycles. The van der Waals surface area contributed by atoms with E-state index >= 15 is 0 Å². The standard InChI is InChI=1S/C15H20N2O4S/c1-17(2)14(21)15(7-3-4-8-15)9-16-12(18)10-5-6-11(22-10)13(19)20/h5-6H,3-4,7-9H2,1-2H3,(H,16,18)(H,19,20). The summed E-state index contributed by atoms with van der Waals surface area (Å²) in [6.45, 7) is 0.295. The third kappa shape index (κ3) is 3.30. The Bertz CT molecular complexity index is 588. The maximum Gasteiger partial charge on any atom is 0.345 e. The Morgan fingerprint density at radius 2 is 1.82 bits per heavy atom. The molecule has 1 aromatic rings. The third-order valence-corrected chi connectivity index (χ3v) is 5.12. The van der Waals surface area contributed by atoms with Crippen LogP contribution >= 0.6 is 11.3 Å². The lowest BCUT2D eigenvalue weighted by atomic mass is 9.84. The summed E-state index contributed by atoms with van der Waals surface area (Å²) in [6, 6.07) is 2.91. The molecule has 0 aromatic carbocycles. The van der Waals surface area contributed by atoms with Gasteiger partial charge in [-0.2, -0.15) is 0 Å². The van der Waals surface area contributed by atoms with Gasteiger partial charge in [-0.3, -0.25) is 9.59 Å². The molecular weight excluding hydrogens is 304 g/mol. The van der Waals surface area contributed by atoms with Gasteiger partial charge in [0.25, 0.3) is 5.91 Å². The molecule has 0 radical (unpaired) electrons. The minimum Gasteiger partial charge on any atom is -0.477 e. The van der Waals surface area contributed by atoms with E-state index in [1.54, 1.807) is 19.0 Å². The van der Waals surface area contributed by atoms with E-state index in [9.17, 15) is 14.4 Å². The first kappa shape index (κ1) is 16.5. The van der Waals surface area contributed by atoms with E-state index in [4.69, 9.17) is 5.11 Å². The van der Waals surface area contributed by atoms with Gasteiger partial charge in [0.05, 0.1) is 10.3 Å². The number of carbonyl (C=O) groups is 3. The number of aromatic carboxylic acids is 1. The van der Waals surface area contributed by atoms with Crippen molar-refractivity contribution in [3.63, 3.8) is 0 Å². The monoisotopic (exact) mass is 324 g/mol. The van der Waals surface area contributed by atoms with E-state index in [-0.39, 0.29) is 16.7 Å². The van der Waals surface area contributed by atoms with Crippen LogP contribution in [0.1, 0.15) is 45.0 Å². The van der Waals surface area contributed by atoms with E-state index in [0.29, 0.717) is 11.4 Å². The molecule has 0 unspecified atom stereocenters. The highest BCUT2D eigenvalue weighted by Crippen LogP contribution is 2.39. The van der Waals surface area contributed by atoms with Gasteiger partial charge in [-0.15, -0.1) is 11.3 Å². The van der Waals surface area contributed by atoms with Gasteiger partial charge in [-0.05, 0) is 25.0 Å². The number of nitrogens with one attached hydrogen (secondary N) is 1. The molecule has 2 amide bonds. The third-order valence-electron chi connectivity index (χ3n) is 4.05. The molecule has 7 heteroatoms. The second-order valence-electron chi connectivity index (χ2n) is 5.84. The maximum atomic E-state index is 12.4. The van der Waals surface area contributed by atoms with Crippen molar-refractivity contribution in [2.24, 2.45) is 5.41 Å². The molecule has 1 fully saturated rings. The number of carbonyl (C=O) groups excluding carboxylic acids is 2. The minimum atomic E-state index is -1.04. The van der Waals surface area contributed by atoms with Crippen LogP contribution in [0.2, 0.25) is 0 Å². The van der Waals surface area contributed by atoms with Gasteiger partial charge in [0, 0.05) is 20.6 Å². The Hall–Kier alpha value is -1.89. The zero-order valence-electron chi connectivity index (χ0n) is 12.7. The van der Waals surface area contributed by atoms with E-state index in [0.717, 1.165) is 37.0 Å². The van der Waals surface area contributed by atoms with Crippen LogP contribution in [-0.4, -0.2) is 48.4 Å². The predicted octanol–water partition coefficient (Wildman–Crippen LogP) is 1.82. The average Bonchev–Trinajstić information content (AvgIpc) is 3.13. The SMILES string of the molecule is CN(C)C(=O)C1(CNC(=O)c2ccc(C(=O)O)s2)CCCC1. The Balaban J connectivity index is 2.04. The molecule has 22 heavy (non-hydrogen) atoms. The second-order valence-corrected chi connectivity index (χ2v) is 6.92. The fourth-order valence-corrected chi connectivity index (χ4v) is 3.67. The molecule has 1 saturated carbocycles. The molecule has 0 atom stereocenters. The van der Waals surface area contributed by atoms with Gasteiger partial charge in [0.15, 0.2) is 0 Å². The summed E-state index contributed by atoms with van der Waals surface area (Å²) in [7, 11) is 3.45. The molecule has 1 aliphatic rings. The summed E-state index contributed by atoms with van der Waals surface area (Å²) < 4.78 is 0. The van der Waals surface area contributed by atoms with Crippen LogP contribution in [0.3, 0.4) is 0 Å². The second kappa shape index (κ2) is 6.48. The molecule has 0 spiro atoms. The topological polar surface area (TPSA) is 86.7 Å². The van der Waals surface area contributed by atoms with Crippen molar-refractivity contribution in [2.45, 2.75) is 25.7 Å². The van der Waals surface area contributed by atoms with Crippen molar-refractivity contribution in [2.75, 3.05) is 20.6 Å². The van der Waals surface area contributed by atoms with E-state index < -0.39 is 11.4 Å². The summed E-state index contributed by atoms with van der Waals surface area (Å²) in [6.07, 6.45) is 3.51. The number of nitrogens with zero attached hydrogens (tertiary/aromatic N) is 1. The predicted molar refractivity (Wildman–Crippen MR) is 83.2 cm³/mol. The number of thiophene rings is 1. The number of carboxylic acid groups (broad SMARTS) is 1. The number of rotatable bonds is 5. The first-order valence-electron chi connectivity index (χ1n) is 7.19. The van der Waals surface area contributed by atoms with Crippen LogP contribution in [-0.2, 0) is 4.79 Å². The van der Waals surface area contributed by atoms with Gasteiger partial charge >= 0.3 is 5.97 Å². The van der Waals surface area contributed by atoms with Crippen LogP contribution in [0.15, 0.2) is 12.1 Å². The van der Waals surface area contributed by atoms with Crippen molar-refractivity contribution in [3.05, 3.63) is 21.9 Å². The largest absolute Gasteiger partial charge is 0.477 e. The summed E-state index contributed by atoms with van der Waals surface area (Å²) in [5.74, 6) is -1.32. The molecule has 120 valence electrons. The average molecular weight is 324 g/mol. The smallest absolute Gasteiger partial charge is 0.345 e. The van der Waals surface area contributed by atoms with Crippen LogP contribution in [0.5, 0.6) is 0 Å². The number of carboxylic acids is 1. The van der Waals surface area contributed by atoms with E-state index in [1.807, 2.05) is 0 Å². The van der Waals surface area contributed by atoms with Gasteiger partial charge in [0.2, 0.25) is 5.91 Å². The van der Waals surface area contributed by atoms with Crippen molar-refractivity contribution in [3.8, 4) is 0 Å². The lowest BCUT2D eigenvalue weighted by Gasteiger charge is -2.30. The van der Waals surface area contributed by atoms with E-state index in [1.165, 1.54) is 12.1 Å². The van der Waals surface area contributed by atoms with Crippen LogP contribution in [0, 0.1) is 5.41 Å². The zero-order chi connectivity index (χ0) is 16.3. The highest BCUT2D eigenvalue weighted by molar-refractivity contribution is 7.15. The highest BCUT2D eigenvalue weighted by atomic mass is 32.1. The van der Waals surface area contributed by atoms with E-state index in [2.05, 4.69) is 5.32 Å². The van der Waals surface area contributed by atoms with Crippen molar-refractivity contribution >= 4 is 29.1 Å².